The van der Waals surface area contributed by atoms with E-state index in [0.29, 0.717) is 23.9 Å². The van der Waals surface area contributed by atoms with Gasteiger partial charge in [-0.25, -0.2) is 4.98 Å². The van der Waals surface area contributed by atoms with Crippen LogP contribution in [0.3, 0.4) is 0 Å². The van der Waals surface area contributed by atoms with Crippen molar-refractivity contribution in [3.63, 3.8) is 0 Å². The molecule has 5 nitrogen and oxygen atoms in total. The van der Waals surface area contributed by atoms with E-state index in [-0.39, 0.29) is 0 Å². The number of anilines is 2. The summed E-state index contributed by atoms with van der Waals surface area (Å²) >= 11 is 0. The summed E-state index contributed by atoms with van der Waals surface area (Å²) in [4.78, 5) is 7.54. The third-order valence-corrected chi connectivity index (χ3v) is 5.17. The predicted octanol–water partition coefficient (Wildman–Crippen LogP) is 5.63. The van der Waals surface area contributed by atoms with E-state index in [1.165, 1.54) is 18.4 Å². The maximum absolute atomic E-state index is 9.34. The lowest BCUT2D eigenvalue weighted by Gasteiger charge is -2.11. The van der Waals surface area contributed by atoms with Gasteiger partial charge in [0.05, 0.1) is 0 Å². The van der Waals surface area contributed by atoms with Gasteiger partial charge in [0, 0.05) is 29.5 Å². The molecule has 0 unspecified atom stereocenters. The zero-order valence-electron chi connectivity index (χ0n) is 15.9. The van der Waals surface area contributed by atoms with E-state index in [4.69, 9.17) is 4.74 Å². The second-order valence-electron chi connectivity index (χ2n) is 7.39. The van der Waals surface area contributed by atoms with Gasteiger partial charge in [-0.1, -0.05) is 30.3 Å². The highest BCUT2D eigenvalue weighted by molar-refractivity contribution is 5.83. The van der Waals surface area contributed by atoms with Gasteiger partial charge in [-0.05, 0) is 53.5 Å². The number of rotatable bonds is 6. The van der Waals surface area contributed by atoms with Crippen molar-refractivity contribution in [3.8, 4) is 11.8 Å². The van der Waals surface area contributed by atoms with Crippen molar-refractivity contribution in [1.82, 2.24) is 9.97 Å². The molecule has 2 heterocycles. The average Bonchev–Trinajstić information content (AvgIpc) is 3.50. The van der Waals surface area contributed by atoms with Crippen LogP contribution in [0.15, 0.2) is 66.9 Å². The molecule has 0 amide bonds. The van der Waals surface area contributed by atoms with E-state index in [1.807, 2.05) is 36.5 Å². The summed E-state index contributed by atoms with van der Waals surface area (Å²) in [6, 6.07) is 22.3. The minimum absolute atomic E-state index is 0.315. The number of hydrogen-bond donors (Lipinski definition) is 2. The Hall–Kier alpha value is -3.78. The van der Waals surface area contributed by atoms with Crippen molar-refractivity contribution in [2.75, 3.05) is 5.32 Å². The number of nitrogens with one attached hydrogen (secondary N) is 2. The zero-order valence-corrected chi connectivity index (χ0v) is 15.9. The Morgan fingerprint density at radius 2 is 1.93 bits per heavy atom. The Bertz CT molecular complexity index is 1200. The predicted molar refractivity (Wildman–Crippen MR) is 113 cm³/mol. The van der Waals surface area contributed by atoms with E-state index < -0.39 is 0 Å². The minimum Gasteiger partial charge on any atom is -0.489 e. The van der Waals surface area contributed by atoms with Crippen LogP contribution in [0, 0.1) is 11.3 Å². The molecule has 29 heavy (non-hydrogen) atoms. The topological polar surface area (TPSA) is 73.7 Å². The summed E-state index contributed by atoms with van der Waals surface area (Å²) in [7, 11) is 0. The lowest BCUT2D eigenvalue weighted by atomic mass is 10.1. The van der Waals surface area contributed by atoms with Crippen LogP contribution in [0.2, 0.25) is 0 Å². The van der Waals surface area contributed by atoms with Crippen LogP contribution >= 0.6 is 0 Å². The Morgan fingerprint density at radius 3 is 2.72 bits per heavy atom. The molecule has 5 heteroatoms. The second kappa shape index (κ2) is 7.33. The smallest absolute Gasteiger partial charge is 0.146 e. The summed E-state index contributed by atoms with van der Waals surface area (Å²) in [5.41, 5.74) is 4.77. The number of nitrogens with zero attached hydrogens (tertiary/aromatic N) is 2. The van der Waals surface area contributed by atoms with Gasteiger partial charge in [0.2, 0.25) is 0 Å². The Labute approximate surface area is 169 Å². The van der Waals surface area contributed by atoms with Gasteiger partial charge in [0.15, 0.2) is 0 Å². The summed E-state index contributed by atoms with van der Waals surface area (Å²) in [6.45, 7) is 0.452. The molecule has 1 saturated carbocycles. The second-order valence-corrected chi connectivity index (χ2v) is 7.39. The maximum atomic E-state index is 9.34. The molecule has 0 atom stereocenters. The van der Waals surface area contributed by atoms with Crippen LogP contribution < -0.4 is 10.1 Å². The molecule has 0 bridgehead atoms. The van der Waals surface area contributed by atoms with Crippen LogP contribution in [0.1, 0.15) is 35.6 Å². The number of fused-ring (bicyclic) bond motifs is 1. The van der Waals surface area contributed by atoms with Gasteiger partial charge in [-0.15, -0.1) is 0 Å². The van der Waals surface area contributed by atoms with Crippen LogP contribution in [0.4, 0.5) is 11.5 Å². The first-order chi connectivity index (χ1) is 14.3. The van der Waals surface area contributed by atoms with Crippen molar-refractivity contribution < 1.29 is 4.74 Å². The summed E-state index contributed by atoms with van der Waals surface area (Å²) in [5, 5.41) is 13.7. The lowest BCUT2D eigenvalue weighted by molar-refractivity contribution is 0.306. The van der Waals surface area contributed by atoms with E-state index in [0.717, 1.165) is 28.1 Å². The molecule has 0 spiro atoms. The molecule has 5 rings (SSSR count). The molecule has 4 aromatic rings. The first-order valence-electron chi connectivity index (χ1n) is 9.75. The molecule has 2 N–H and O–H groups in total. The van der Waals surface area contributed by atoms with E-state index in [9.17, 15) is 5.26 Å². The van der Waals surface area contributed by atoms with Gasteiger partial charge in [-0.2, -0.15) is 5.26 Å². The highest BCUT2D eigenvalue weighted by Crippen LogP contribution is 2.39. The number of H-pyrrole nitrogens is 1. The standard InChI is InChI=1S/C24H20N4O/c25-14-21-11-22(29-15-16-1-3-17(4-2-16)18-5-6-18)13-24(28-21)27-20-8-7-19-9-10-26-23(19)12-20/h1-4,7-13,18,26H,5-6,15H2,(H,27,28). The Kier molecular flexibility index (Phi) is 4.38. The summed E-state index contributed by atoms with van der Waals surface area (Å²) in [6.07, 6.45) is 4.51. The highest BCUT2D eigenvalue weighted by Gasteiger charge is 2.22. The summed E-state index contributed by atoms with van der Waals surface area (Å²) < 4.78 is 5.95. The van der Waals surface area contributed by atoms with Gasteiger partial charge in [0.1, 0.15) is 29.9 Å². The first-order valence-corrected chi connectivity index (χ1v) is 9.75. The number of aromatic amines is 1. The molecule has 1 fully saturated rings. The normalized spacial score (nSPS) is 13.2. The Balaban J connectivity index is 1.32. The minimum atomic E-state index is 0.315. The van der Waals surface area contributed by atoms with Crippen LogP contribution in [0.25, 0.3) is 10.9 Å². The quantitative estimate of drug-likeness (QED) is 0.454. The number of nitriles is 1. The van der Waals surface area contributed by atoms with Crippen molar-refractivity contribution >= 4 is 22.4 Å². The molecule has 1 aliphatic carbocycles. The van der Waals surface area contributed by atoms with Gasteiger partial charge in [-0.3, -0.25) is 0 Å². The monoisotopic (exact) mass is 380 g/mol. The van der Waals surface area contributed by atoms with Crippen LogP contribution in [-0.4, -0.2) is 9.97 Å². The van der Waals surface area contributed by atoms with E-state index in [1.54, 1.807) is 6.07 Å². The van der Waals surface area contributed by atoms with E-state index >= 15 is 0 Å². The third kappa shape index (κ3) is 3.92. The van der Waals surface area contributed by atoms with Crippen LogP contribution in [0.5, 0.6) is 5.75 Å². The fraction of sp³-hybridized carbons (Fsp3) is 0.167. The lowest BCUT2D eigenvalue weighted by Crippen LogP contribution is -2.00. The third-order valence-electron chi connectivity index (χ3n) is 5.17. The fourth-order valence-corrected chi connectivity index (χ4v) is 3.45. The molecule has 142 valence electrons. The highest BCUT2D eigenvalue weighted by atomic mass is 16.5. The van der Waals surface area contributed by atoms with Gasteiger partial charge >= 0.3 is 0 Å². The number of aromatic nitrogens is 2. The van der Waals surface area contributed by atoms with Crippen molar-refractivity contribution in [2.24, 2.45) is 0 Å². The van der Waals surface area contributed by atoms with Crippen molar-refractivity contribution in [1.29, 1.82) is 5.26 Å². The molecular weight excluding hydrogens is 360 g/mol. The van der Waals surface area contributed by atoms with E-state index in [2.05, 4.69) is 45.6 Å². The Morgan fingerprint density at radius 1 is 1.07 bits per heavy atom. The molecule has 0 saturated heterocycles. The number of ether oxygens (including phenoxy) is 1. The molecule has 1 aliphatic rings. The van der Waals surface area contributed by atoms with Gasteiger partial charge < -0.3 is 15.0 Å². The fourth-order valence-electron chi connectivity index (χ4n) is 3.45. The number of hydrogen-bond acceptors (Lipinski definition) is 4. The molecular formula is C24H20N4O. The van der Waals surface area contributed by atoms with Crippen LogP contribution in [-0.2, 0) is 6.61 Å². The summed E-state index contributed by atoms with van der Waals surface area (Å²) in [5.74, 6) is 1.95. The number of benzene rings is 2. The van der Waals surface area contributed by atoms with Crippen molar-refractivity contribution in [2.45, 2.75) is 25.4 Å². The molecule has 0 aliphatic heterocycles. The molecule has 0 radical (unpaired) electrons. The largest absolute Gasteiger partial charge is 0.489 e. The maximum Gasteiger partial charge on any atom is 0.146 e. The number of pyridine rings is 1. The molecule has 2 aromatic heterocycles. The average molecular weight is 380 g/mol. The molecule has 2 aromatic carbocycles. The SMILES string of the molecule is N#Cc1cc(OCc2ccc(C3CC3)cc2)cc(Nc2ccc3cc[nH]c3c2)n1. The first kappa shape index (κ1) is 17.3. The van der Waals surface area contributed by atoms with Gasteiger partial charge in [0.25, 0.3) is 0 Å². The van der Waals surface area contributed by atoms with Crippen molar-refractivity contribution in [3.05, 3.63) is 83.7 Å². The zero-order chi connectivity index (χ0) is 19.6.